The normalized spacial score (nSPS) is 15.0. The third-order valence-corrected chi connectivity index (χ3v) is 6.50. The van der Waals surface area contributed by atoms with Crippen molar-refractivity contribution in [3.05, 3.63) is 96.9 Å². The zero-order valence-electron chi connectivity index (χ0n) is 17.5. The third kappa shape index (κ3) is 4.42. The van der Waals surface area contributed by atoms with Crippen molar-refractivity contribution >= 4 is 46.3 Å². The van der Waals surface area contributed by atoms with E-state index in [1.807, 2.05) is 24.5 Å². The minimum atomic E-state index is -0.544. The Morgan fingerprint density at radius 2 is 1.82 bits per heavy atom. The van der Waals surface area contributed by atoms with Gasteiger partial charge in [-0.25, -0.2) is 4.39 Å². The van der Waals surface area contributed by atoms with E-state index in [-0.39, 0.29) is 22.2 Å². The molecule has 1 aliphatic rings. The van der Waals surface area contributed by atoms with E-state index in [2.05, 4.69) is 0 Å². The molecule has 3 aromatic rings. The fourth-order valence-electron chi connectivity index (χ4n) is 3.66. The van der Waals surface area contributed by atoms with Crippen LogP contribution < -0.4 is 0 Å². The summed E-state index contributed by atoms with van der Waals surface area (Å²) in [5, 5.41) is 10.9. The van der Waals surface area contributed by atoms with Gasteiger partial charge >= 0.3 is 0 Å². The highest BCUT2D eigenvalue weighted by Gasteiger charge is 2.35. The minimum absolute atomic E-state index is 0.0428. The van der Waals surface area contributed by atoms with Crippen molar-refractivity contribution in [1.82, 2.24) is 9.47 Å². The van der Waals surface area contributed by atoms with Gasteiger partial charge < -0.3 is 4.57 Å². The largest absolute Gasteiger partial charge is 0.318 e. The van der Waals surface area contributed by atoms with E-state index in [0.29, 0.717) is 16.8 Å². The second kappa shape index (κ2) is 8.84. The van der Waals surface area contributed by atoms with Crippen LogP contribution in [0.5, 0.6) is 0 Å². The fraction of sp³-hybridized carbons (Fsp3) is 0.130. The zero-order chi connectivity index (χ0) is 23.9. The standard InChI is InChI=1S/C23H17ClFN3O4S/c1-13-9-16(14(2)27(13)18-7-8-19(24)20(11-18)28(31)32)10-21-22(29)26(23(30)33-21)12-15-3-5-17(25)6-4-15/h3-11H,12H2,1-2H3/b21-10-. The Hall–Kier alpha value is -3.43. The predicted octanol–water partition coefficient (Wildman–Crippen LogP) is 6.03. The van der Waals surface area contributed by atoms with Gasteiger partial charge in [0.05, 0.1) is 22.1 Å². The van der Waals surface area contributed by atoms with E-state index in [0.717, 1.165) is 28.0 Å². The number of hydrogen-bond donors (Lipinski definition) is 0. The van der Waals surface area contributed by atoms with Gasteiger partial charge in [0.25, 0.3) is 16.8 Å². The number of hydrogen-bond acceptors (Lipinski definition) is 5. The first kappa shape index (κ1) is 22.8. The summed E-state index contributed by atoms with van der Waals surface area (Å²) in [5.74, 6) is -0.824. The summed E-state index contributed by atoms with van der Waals surface area (Å²) >= 11 is 6.77. The number of carbonyl (C=O) groups is 2. The number of carbonyl (C=O) groups excluding carboxylic acids is 2. The Bertz CT molecular complexity index is 1330. The van der Waals surface area contributed by atoms with Crippen LogP contribution >= 0.6 is 23.4 Å². The summed E-state index contributed by atoms with van der Waals surface area (Å²) in [6.07, 6.45) is 1.64. The number of amides is 2. The van der Waals surface area contributed by atoms with Gasteiger partial charge in [-0.1, -0.05) is 23.7 Å². The third-order valence-electron chi connectivity index (χ3n) is 5.27. The number of nitro groups is 1. The Morgan fingerprint density at radius 1 is 1.12 bits per heavy atom. The molecule has 33 heavy (non-hydrogen) atoms. The maximum absolute atomic E-state index is 13.1. The lowest BCUT2D eigenvalue weighted by atomic mass is 10.2. The second-order valence-electron chi connectivity index (χ2n) is 7.45. The van der Waals surface area contributed by atoms with E-state index in [4.69, 9.17) is 11.6 Å². The number of rotatable bonds is 5. The topological polar surface area (TPSA) is 85.5 Å². The Balaban J connectivity index is 1.64. The molecule has 1 aliphatic heterocycles. The van der Waals surface area contributed by atoms with Gasteiger partial charge in [-0.05, 0) is 73.1 Å². The SMILES string of the molecule is Cc1cc(/C=C2\SC(=O)N(Cc3ccc(F)cc3)C2=O)c(C)n1-c1ccc(Cl)c([N+](=O)[O-])c1. The molecule has 0 bridgehead atoms. The summed E-state index contributed by atoms with van der Waals surface area (Å²) in [7, 11) is 0. The number of imide groups is 1. The molecule has 1 fully saturated rings. The molecule has 1 aromatic heterocycles. The predicted molar refractivity (Wildman–Crippen MR) is 125 cm³/mol. The van der Waals surface area contributed by atoms with Crippen molar-refractivity contribution in [3.8, 4) is 5.69 Å². The summed E-state index contributed by atoms with van der Waals surface area (Å²) < 4.78 is 14.9. The van der Waals surface area contributed by atoms with E-state index in [1.54, 1.807) is 12.1 Å². The van der Waals surface area contributed by atoms with Crippen LogP contribution in [-0.2, 0) is 11.3 Å². The first-order valence-electron chi connectivity index (χ1n) is 9.79. The monoisotopic (exact) mass is 485 g/mol. The average molecular weight is 486 g/mol. The number of benzene rings is 2. The van der Waals surface area contributed by atoms with Gasteiger partial charge in [0.15, 0.2) is 0 Å². The smallest absolute Gasteiger partial charge is 0.293 e. The molecule has 7 nitrogen and oxygen atoms in total. The van der Waals surface area contributed by atoms with Crippen molar-refractivity contribution in [2.75, 3.05) is 0 Å². The molecular formula is C23H17ClFN3O4S. The first-order valence-corrected chi connectivity index (χ1v) is 11.0. The summed E-state index contributed by atoms with van der Waals surface area (Å²) in [4.78, 5) is 37.4. The van der Waals surface area contributed by atoms with Crippen LogP contribution in [0, 0.1) is 29.8 Å². The van der Waals surface area contributed by atoms with Gasteiger partial charge in [0.2, 0.25) is 0 Å². The van der Waals surface area contributed by atoms with Crippen LogP contribution in [0.15, 0.2) is 53.4 Å². The molecule has 4 rings (SSSR count). The minimum Gasteiger partial charge on any atom is -0.318 e. The zero-order valence-corrected chi connectivity index (χ0v) is 19.1. The molecule has 2 amide bonds. The van der Waals surface area contributed by atoms with Gasteiger partial charge in [-0.3, -0.25) is 24.6 Å². The number of aryl methyl sites for hydroxylation is 1. The fourth-order valence-corrected chi connectivity index (χ4v) is 4.68. The lowest BCUT2D eigenvalue weighted by Crippen LogP contribution is -2.27. The van der Waals surface area contributed by atoms with Gasteiger partial charge in [0.1, 0.15) is 10.8 Å². The molecule has 2 heterocycles. The van der Waals surface area contributed by atoms with Crippen LogP contribution in [-0.4, -0.2) is 25.5 Å². The van der Waals surface area contributed by atoms with Crippen molar-refractivity contribution in [3.63, 3.8) is 0 Å². The van der Waals surface area contributed by atoms with Crippen LogP contribution in [0.2, 0.25) is 5.02 Å². The Labute approximate surface area is 197 Å². The maximum Gasteiger partial charge on any atom is 0.293 e. The van der Waals surface area contributed by atoms with E-state index >= 15 is 0 Å². The molecule has 10 heteroatoms. The molecule has 0 N–H and O–H groups in total. The second-order valence-corrected chi connectivity index (χ2v) is 8.85. The number of thioether (sulfide) groups is 1. The van der Waals surface area contributed by atoms with Crippen LogP contribution in [0.1, 0.15) is 22.5 Å². The number of aromatic nitrogens is 1. The van der Waals surface area contributed by atoms with Gasteiger partial charge in [-0.15, -0.1) is 0 Å². The van der Waals surface area contributed by atoms with E-state index in [9.17, 15) is 24.1 Å². The Morgan fingerprint density at radius 3 is 2.48 bits per heavy atom. The van der Waals surface area contributed by atoms with Crippen molar-refractivity contribution in [1.29, 1.82) is 0 Å². The first-order chi connectivity index (χ1) is 15.7. The average Bonchev–Trinajstić information content (AvgIpc) is 3.19. The number of halogens is 2. The molecule has 0 unspecified atom stereocenters. The quantitative estimate of drug-likeness (QED) is 0.250. The molecule has 168 valence electrons. The molecular weight excluding hydrogens is 469 g/mol. The Kier molecular flexibility index (Phi) is 6.09. The van der Waals surface area contributed by atoms with Crippen molar-refractivity contribution in [2.45, 2.75) is 20.4 Å². The molecule has 0 spiro atoms. The van der Waals surface area contributed by atoms with Gasteiger partial charge in [-0.2, -0.15) is 0 Å². The lowest BCUT2D eigenvalue weighted by Gasteiger charge is -2.12. The highest BCUT2D eigenvalue weighted by Crippen LogP contribution is 2.35. The molecule has 0 aliphatic carbocycles. The van der Waals surface area contributed by atoms with Crippen LogP contribution in [0.4, 0.5) is 14.9 Å². The molecule has 0 atom stereocenters. The summed E-state index contributed by atoms with van der Waals surface area (Å²) in [6.45, 7) is 3.71. The lowest BCUT2D eigenvalue weighted by molar-refractivity contribution is -0.384. The molecule has 2 aromatic carbocycles. The maximum atomic E-state index is 13.1. The highest BCUT2D eigenvalue weighted by atomic mass is 35.5. The molecule has 0 radical (unpaired) electrons. The van der Waals surface area contributed by atoms with Crippen LogP contribution in [0.25, 0.3) is 11.8 Å². The molecule has 1 saturated heterocycles. The van der Waals surface area contributed by atoms with Gasteiger partial charge in [0, 0.05) is 17.5 Å². The summed E-state index contributed by atoms with van der Waals surface area (Å²) in [6, 6.07) is 12.0. The van der Waals surface area contributed by atoms with E-state index < -0.39 is 21.9 Å². The van der Waals surface area contributed by atoms with Crippen LogP contribution in [0.3, 0.4) is 0 Å². The number of nitrogens with zero attached hydrogens (tertiary/aromatic N) is 3. The molecule has 0 saturated carbocycles. The summed E-state index contributed by atoms with van der Waals surface area (Å²) in [5.41, 5.74) is 3.24. The van der Waals surface area contributed by atoms with Crippen molar-refractivity contribution in [2.24, 2.45) is 0 Å². The highest BCUT2D eigenvalue weighted by molar-refractivity contribution is 8.18. The van der Waals surface area contributed by atoms with Crippen molar-refractivity contribution < 1.29 is 18.9 Å². The van der Waals surface area contributed by atoms with E-state index in [1.165, 1.54) is 36.4 Å². The number of nitro benzene ring substituents is 1.